The van der Waals surface area contributed by atoms with Gasteiger partial charge in [-0.15, -0.1) is 0 Å². The molecule has 2 aromatic rings. The predicted molar refractivity (Wildman–Crippen MR) is 119 cm³/mol. The molecule has 3 rings (SSSR count). The van der Waals surface area contributed by atoms with Crippen molar-refractivity contribution in [2.75, 3.05) is 52.8 Å². The van der Waals surface area contributed by atoms with Gasteiger partial charge >= 0.3 is 0 Å². The maximum absolute atomic E-state index is 12.7. The zero-order valence-corrected chi connectivity index (χ0v) is 18.3. The van der Waals surface area contributed by atoms with Gasteiger partial charge in [0.05, 0.1) is 25.2 Å². The van der Waals surface area contributed by atoms with Gasteiger partial charge in [-0.05, 0) is 31.8 Å². The fraction of sp³-hybridized carbons (Fsp3) is 0.381. The summed E-state index contributed by atoms with van der Waals surface area (Å²) in [6.45, 7) is 7.69. The molecule has 160 valence electrons. The Kier molecular flexibility index (Phi) is 7.20. The Hall–Kier alpha value is -2.75. The van der Waals surface area contributed by atoms with Crippen molar-refractivity contribution in [3.05, 3.63) is 52.5 Å². The fourth-order valence-corrected chi connectivity index (χ4v) is 4.05. The van der Waals surface area contributed by atoms with Gasteiger partial charge in [0.15, 0.2) is 5.13 Å². The molecule has 9 heteroatoms. The molecule has 0 atom stereocenters. The molecule has 1 aliphatic heterocycles. The lowest BCUT2D eigenvalue weighted by atomic mass is 10.1. The van der Waals surface area contributed by atoms with Gasteiger partial charge in [-0.2, -0.15) is 0 Å². The highest BCUT2D eigenvalue weighted by Gasteiger charge is 2.24. The van der Waals surface area contributed by atoms with Crippen molar-refractivity contribution in [3.8, 4) is 0 Å². The van der Waals surface area contributed by atoms with E-state index in [-0.39, 0.29) is 11.8 Å². The van der Waals surface area contributed by atoms with Crippen molar-refractivity contribution < 1.29 is 14.3 Å². The molecule has 1 amide bonds. The van der Waals surface area contributed by atoms with Gasteiger partial charge in [0.2, 0.25) is 5.90 Å². The summed E-state index contributed by atoms with van der Waals surface area (Å²) in [7, 11) is 5.43. The average molecular weight is 430 g/mol. The summed E-state index contributed by atoms with van der Waals surface area (Å²) in [6.07, 6.45) is 0. The molecule has 30 heavy (non-hydrogen) atoms. The molecule has 0 spiro atoms. The van der Waals surface area contributed by atoms with Crippen LogP contribution in [0.3, 0.4) is 0 Å². The zero-order valence-electron chi connectivity index (χ0n) is 17.5. The van der Waals surface area contributed by atoms with Gasteiger partial charge < -0.3 is 19.3 Å². The molecule has 0 saturated carbocycles. The van der Waals surface area contributed by atoms with E-state index in [2.05, 4.69) is 26.7 Å². The van der Waals surface area contributed by atoms with Crippen molar-refractivity contribution in [2.24, 2.45) is 0 Å². The molecule has 1 saturated heterocycles. The Morgan fingerprint density at radius 3 is 2.60 bits per heavy atom. The third-order valence-corrected chi connectivity index (χ3v) is 5.66. The fourth-order valence-electron chi connectivity index (χ4n) is 3.09. The number of carbonyl (C=O) groups is 1. The molecule has 0 unspecified atom stereocenters. The smallest absolute Gasteiger partial charge is 0.257 e. The summed E-state index contributed by atoms with van der Waals surface area (Å²) in [4.78, 5) is 22.0. The average Bonchev–Trinajstić information content (AvgIpc) is 3.17. The number of thiazole rings is 1. The number of morpholine rings is 1. The number of amides is 1. The molecule has 0 bridgehead atoms. The third-order valence-electron chi connectivity index (χ3n) is 4.64. The molecule has 1 aromatic heterocycles. The summed E-state index contributed by atoms with van der Waals surface area (Å²) < 4.78 is 10.5. The first kappa shape index (κ1) is 21.9. The van der Waals surface area contributed by atoms with E-state index in [9.17, 15) is 4.79 Å². The molecule has 8 nitrogen and oxygen atoms in total. The van der Waals surface area contributed by atoms with E-state index in [1.807, 2.05) is 26.2 Å². The minimum atomic E-state index is -0.251. The highest BCUT2D eigenvalue weighted by atomic mass is 32.1. The largest absolute Gasteiger partial charge is 0.480 e. The number of rotatable bonds is 7. The van der Waals surface area contributed by atoms with Crippen molar-refractivity contribution in [1.82, 2.24) is 14.8 Å². The van der Waals surface area contributed by atoms with E-state index in [0.717, 1.165) is 30.9 Å². The van der Waals surface area contributed by atoms with E-state index in [1.165, 1.54) is 18.4 Å². The highest BCUT2D eigenvalue weighted by molar-refractivity contribution is 7.17. The zero-order chi connectivity index (χ0) is 21.7. The summed E-state index contributed by atoms with van der Waals surface area (Å²) in [5.74, 6) is -0.316. The van der Waals surface area contributed by atoms with Crippen LogP contribution >= 0.6 is 11.3 Å². The number of nitrogens with zero attached hydrogens (tertiary/aromatic N) is 3. The van der Waals surface area contributed by atoms with E-state index < -0.39 is 0 Å². The molecule has 1 aromatic carbocycles. The second-order valence-corrected chi connectivity index (χ2v) is 8.16. The van der Waals surface area contributed by atoms with E-state index in [1.54, 1.807) is 12.1 Å². The normalized spacial score (nSPS) is 13.9. The monoisotopic (exact) mass is 429 g/mol. The topological polar surface area (TPSA) is 90.8 Å². The third kappa shape index (κ3) is 5.24. The second kappa shape index (κ2) is 9.84. The molecular formula is C21H27N5O3S. The standard InChI is InChI=1S/C21H27N5O3S/c1-14(26-9-11-29-12-10-26)18-17(19(22)28-4)23-21(30-18)24-20(27)16-7-5-15(6-8-16)13-25(2)3/h5-8,22H,1,9-13H2,2-4H3,(H,23,24,27). The number of benzene rings is 1. The molecule has 1 fully saturated rings. The van der Waals surface area contributed by atoms with Crippen LogP contribution in [0, 0.1) is 5.41 Å². The van der Waals surface area contributed by atoms with Crippen molar-refractivity contribution in [3.63, 3.8) is 0 Å². The van der Waals surface area contributed by atoms with Crippen LogP contribution in [0.5, 0.6) is 0 Å². The number of aromatic nitrogens is 1. The number of nitrogens with one attached hydrogen (secondary N) is 2. The number of hydrogen-bond donors (Lipinski definition) is 2. The van der Waals surface area contributed by atoms with Gasteiger partial charge in [0.25, 0.3) is 5.91 Å². The summed E-state index contributed by atoms with van der Waals surface area (Å²) >= 11 is 1.29. The number of hydrogen-bond acceptors (Lipinski definition) is 8. The van der Waals surface area contributed by atoms with Crippen LogP contribution in [0.1, 0.15) is 26.5 Å². The first-order chi connectivity index (χ1) is 14.4. The highest BCUT2D eigenvalue weighted by Crippen LogP contribution is 2.32. The van der Waals surface area contributed by atoms with Crippen LogP contribution in [0.2, 0.25) is 0 Å². The van der Waals surface area contributed by atoms with Crippen LogP contribution in [-0.2, 0) is 16.0 Å². The van der Waals surface area contributed by atoms with Crippen molar-refractivity contribution in [2.45, 2.75) is 6.54 Å². The number of carbonyl (C=O) groups excluding carboxylic acids is 1. The first-order valence-electron chi connectivity index (χ1n) is 9.59. The molecule has 2 heterocycles. The van der Waals surface area contributed by atoms with Gasteiger partial charge in [0.1, 0.15) is 5.69 Å². The molecule has 2 N–H and O–H groups in total. The Morgan fingerprint density at radius 2 is 2.00 bits per heavy atom. The summed E-state index contributed by atoms with van der Waals surface area (Å²) in [6, 6.07) is 7.48. The van der Waals surface area contributed by atoms with Gasteiger partial charge in [-0.25, -0.2) is 4.98 Å². The molecular weight excluding hydrogens is 402 g/mol. The van der Waals surface area contributed by atoms with Crippen molar-refractivity contribution >= 4 is 34.0 Å². The van der Waals surface area contributed by atoms with Gasteiger partial charge in [-0.3, -0.25) is 15.5 Å². The van der Waals surface area contributed by atoms with Crippen LogP contribution in [0.25, 0.3) is 5.70 Å². The van der Waals surface area contributed by atoms with Gasteiger partial charge in [0, 0.05) is 30.9 Å². The first-order valence-corrected chi connectivity index (χ1v) is 10.4. The SMILES string of the molecule is C=C(c1sc(NC(=O)c2ccc(CN(C)C)cc2)nc1C(=N)OC)N1CCOCC1. The lowest BCUT2D eigenvalue weighted by Gasteiger charge is -2.30. The van der Waals surface area contributed by atoms with E-state index in [4.69, 9.17) is 14.9 Å². The number of anilines is 1. The minimum absolute atomic E-state index is 0.0656. The second-order valence-electron chi connectivity index (χ2n) is 7.16. The molecule has 0 aliphatic carbocycles. The Labute approximate surface area is 180 Å². The maximum Gasteiger partial charge on any atom is 0.257 e. The Morgan fingerprint density at radius 1 is 1.33 bits per heavy atom. The summed E-state index contributed by atoms with van der Waals surface area (Å²) in [5.41, 5.74) is 2.80. The van der Waals surface area contributed by atoms with Gasteiger partial charge in [-0.1, -0.05) is 30.0 Å². The molecule has 1 aliphatic rings. The molecule has 0 radical (unpaired) electrons. The Bertz CT molecular complexity index is 917. The van der Waals surface area contributed by atoms with E-state index >= 15 is 0 Å². The predicted octanol–water partition coefficient (Wildman–Crippen LogP) is 2.73. The maximum atomic E-state index is 12.7. The van der Waals surface area contributed by atoms with Crippen LogP contribution in [0.4, 0.5) is 5.13 Å². The number of ether oxygens (including phenoxy) is 2. The van der Waals surface area contributed by atoms with Crippen LogP contribution in [0.15, 0.2) is 30.8 Å². The minimum Gasteiger partial charge on any atom is -0.480 e. The van der Waals surface area contributed by atoms with E-state index in [0.29, 0.717) is 34.5 Å². The lowest BCUT2D eigenvalue weighted by molar-refractivity contribution is 0.0641. The number of methoxy groups -OCH3 is 1. The van der Waals surface area contributed by atoms with Crippen molar-refractivity contribution in [1.29, 1.82) is 5.41 Å². The Balaban J connectivity index is 1.78. The van der Waals surface area contributed by atoms with Crippen LogP contribution in [-0.4, -0.2) is 74.1 Å². The summed E-state index contributed by atoms with van der Waals surface area (Å²) in [5, 5.41) is 11.3. The quantitative estimate of drug-likeness (QED) is 0.520. The van der Waals surface area contributed by atoms with Crippen LogP contribution < -0.4 is 5.32 Å². The lowest BCUT2D eigenvalue weighted by Crippen LogP contribution is -2.34.